The smallest absolute Gasteiger partial charge is 0.258 e. The second kappa shape index (κ2) is 5.32. The van der Waals surface area contributed by atoms with Crippen LogP contribution in [-0.2, 0) is 9.84 Å². The van der Waals surface area contributed by atoms with E-state index in [1.165, 1.54) is 7.11 Å². The van der Waals surface area contributed by atoms with E-state index in [1.54, 1.807) is 18.2 Å². The number of fused-ring (bicyclic) bond motifs is 1. The molecule has 0 saturated heterocycles. The summed E-state index contributed by atoms with van der Waals surface area (Å²) in [7, 11) is -2.10. The van der Waals surface area contributed by atoms with E-state index in [2.05, 4.69) is 20.1 Å². The number of hydrogen-bond acceptors (Lipinski definition) is 8. The Bertz CT molecular complexity index is 1020. The summed E-state index contributed by atoms with van der Waals surface area (Å²) in [5.74, 6) is 0.688. The molecule has 0 aliphatic carbocycles. The molecule has 2 aromatic heterocycles. The summed E-state index contributed by atoms with van der Waals surface area (Å²) in [6.45, 7) is 0. The van der Waals surface area contributed by atoms with Crippen LogP contribution in [0.1, 0.15) is 0 Å². The van der Waals surface area contributed by atoms with Crippen LogP contribution in [0.2, 0.25) is 5.02 Å². The topological polar surface area (TPSA) is 125 Å². The zero-order valence-electron chi connectivity index (χ0n) is 12.1. The summed E-state index contributed by atoms with van der Waals surface area (Å²) in [4.78, 5) is 11.8. The summed E-state index contributed by atoms with van der Waals surface area (Å²) < 4.78 is 29.3. The number of sulfone groups is 1. The molecule has 3 rings (SSSR count). The van der Waals surface area contributed by atoms with Crippen LogP contribution >= 0.6 is 11.6 Å². The van der Waals surface area contributed by atoms with Gasteiger partial charge in [-0.15, -0.1) is 5.10 Å². The summed E-state index contributed by atoms with van der Waals surface area (Å²) in [5, 5.41) is 4.14. The quantitative estimate of drug-likeness (QED) is 0.733. The molecule has 0 radical (unpaired) electrons. The van der Waals surface area contributed by atoms with Gasteiger partial charge in [-0.2, -0.15) is 19.5 Å². The molecular formula is C12H11ClN6O3S. The van der Waals surface area contributed by atoms with Crippen LogP contribution < -0.4 is 10.5 Å². The molecule has 0 saturated carbocycles. The largest absolute Gasteiger partial charge is 0.495 e. The van der Waals surface area contributed by atoms with Crippen LogP contribution in [-0.4, -0.2) is 46.3 Å². The number of ether oxygens (including phenoxy) is 1. The van der Waals surface area contributed by atoms with E-state index in [1.807, 2.05) is 0 Å². The van der Waals surface area contributed by atoms with Crippen LogP contribution in [0.4, 0.5) is 5.95 Å². The van der Waals surface area contributed by atoms with Gasteiger partial charge in [0.1, 0.15) is 5.75 Å². The number of anilines is 1. The fraction of sp³-hybridized carbons (Fsp3) is 0.167. The van der Waals surface area contributed by atoms with Crippen molar-refractivity contribution in [3.05, 3.63) is 23.2 Å². The third-order valence-corrected chi connectivity index (χ3v) is 4.10. The lowest BCUT2D eigenvalue weighted by molar-refractivity contribution is 0.415. The number of benzene rings is 1. The standard InChI is InChI=1S/C12H11ClN6O3S/c1-22-8-4-3-6(5-7(8)13)9-15-11-17-12(23(2,20)21)16-10(14)19(11)18-9/h3-5H,1-2H3,(H2,14,15,16,17,18). The number of methoxy groups -OCH3 is 1. The molecule has 0 aliphatic rings. The molecule has 23 heavy (non-hydrogen) atoms. The van der Waals surface area contributed by atoms with Crippen LogP contribution in [0.25, 0.3) is 17.2 Å². The number of nitrogens with two attached hydrogens (primary N) is 1. The highest BCUT2D eigenvalue weighted by molar-refractivity contribution is 7.90. The fourth-order valence-corrected chi connectivity index (χ4v) is 2.64. The maximum absolute atomic E-state index is 11.6. The van der Waals surface area contributed by atoms with Crippen molar-refractivity contribution in [2.75, 3.05) is 19.1 Å². The fourth-order valence-electron chi connectivity index (χ4n) is 1.88. The number of halogens is 1. The van der Waals surface area contributed by atoms with Gasteiger partial charge in [0.05, 0.1) is 12.1 Å². The minimum Gasteiger partial charge on any atom is -0.495 e. The van der Waals surface area contributed by atoms with Crippen molar-refractivity contribution in [3.8, 4) is 17.1 Å². The molecule has 120 valence electrons. The molecule has 0 aliphatic heterocycles. The molecule has 0 spiro atoms. The number of rotatable bonds is 3. The summed E-state index contributed by atoms with van der Waals surface area (Å²) in [5.41, 5.74) is 6.32. The van der Waals surface area contributed by atoms with Gasteiger partial charge in [0.2, 0.25) is 15.8 Å². The SMILES string of the molecule is COc1ccc(-c2nc3nc(S(C)(=O)=O)nc(N)n3n2)cc1Cl. The average Bonchev–Trinajstić information content (AvgIpc) is 2.91. The van der Waals surface area contributed by atoms with Gasteiger partial charge in [-0.3, -0.25) is 0 Å². The zero-order chi connectivity index (χ0) is 16.8. The van der Waals surface area contributed by atoms with Gasteiger partial charge in [-0.1, -0.05) is 11.6 Å². The maximum Gasteiger partial charge on any atom is 0.258 e. The first-order valence-corrected chi connectivity index (χ1v) is 8.51. The van der Waals surface area contributed by atoms with Gasteiger partial charge in [0.15, 0.2) is 5.82 Å². The number of nitrogens with zero attached hydrogens (tertiary/aromatic N) is 5. The lowest BCUT2D eigenvalue weighted by Gasteiger charge is -2.03. The molecule has 0 bridgehead atoms. The Morgan fingerprint density at radius 1 is 1.26 bits per heavy atom. The molecular weight excluding hydrogens is 344 g/mol. The first-order valence-electron chi connectivity index (χ1n) is 6.24. The van der Waals surface area contributed by atoms with Crippen molar-refractivity contribution >= 4 is 33.2 Å². The van der Waals surface area contributed by atoms with Gasteiger partial charge in [0.25, 0.3) is 10.9 Å². The molecule has 9 nitrogen and oxygen atoms in total. The van der Waals surface area contributed by atoms with Gasteiger partial charge in [-0.05, 0) is 18.2 Å². The van der Waals surface area contributed by atoms with E-state index in [4.69, 9.17) is 22.1 Å². The van der Waals surface area contributed by atoms with Gasteiger partial charge >= 0.3 is 0 Å². The predicted octanol–water partition coefficient (Wildman–Crippen LogP) is 0.834. The van der Waals surface area contributed by atoms with E-state index in [-0.39, 0.29) is 17.6 Å². The lowest BCUT2D eigenvalue weighted by atomic mass is 10.2. The van der Waals surface area contributed by atoms with Crippen molar-refractivity contribution in [2.45, 2.75) is 5.16 Å². The second-order valence-electron chi connectivity index (χ2n) is 4.63. The van der Waals surface area contributed by atoms with Gasteiger partial charge in [0, 0.05) is 11.8 Å². The zero-order valence-corrected chi connectivity index (χ0v) is 13.6. The summed E-state index contributed by atoms with van der Waals surface area (Å²) in [6.07, 6.45) is 0.985. The second-order valence-corrected chi connectivity index (χ2v) is 6.95. The Morgan fingerprint density at radius 2 is 2.00 bits per heavy atom. The molecule has 0 atom stereocenters. The highest BCUT2D eigenvalue weighted by atomic mass is 35.5. The van der Waals surface area contributed by atoms with E-state index in [0.717, 1.165) is 10.8 Å². The monoisotopic (exact) mass is 354 g/mol. The summed E-state index contributed by atoms with van der Waals surface area (Å²) >= 11 is 6.08. The number of hydrogen-bond donors (Lipinski definition) is 1. The third-order valence-electron chi connectivity index (χ3n) is 2.95. The molecule has 0 fully saturated rings. The van der Waals surface area contributed by atoms with E-state index in [9.17, 15) is 8.42 Å². The molecule has 2 N–H and O–H groups in total. The van der Waals surface area contributed by atoms with Crippen molar-refractivity contribution < 1.29 is 13.2 Å². The first kappa shape index (κ1) is 15.4. The number of nitrogen functional groups attached to an aromatic ring is 1. The van der Waals surface area contributed by atoms with Crippen LogP contribution in [0.3, 0.4) is 0 Å². The van der Waals surface area contributed by atoms with Crippen molar-refractivity contribution in [1.82, 2.24) is 24.6 Å². The van der Waals surface area contributed by atoms with Crippen LogP contribution in [0.15, 0.2) is 23.4 Å². The van der Waals surface area contributed by atoms with Crippen molar-refractivity contribution in [1.29, 1.82) is 0 Å². The Hall–Kier alpha value is -2.46. The van der Waals surface area contributed by atoms with Crippen LogP contribution in [0, 0.1) is 0 Å². The maximum atomic E-state index is 11.6. The Morgan fingerprint density at radius 3 is 2.61 bits per heavy atom. The average molecular weight is 355 g/mol. The van der Waals surface area contributed by atoms with Crippen molar-refractivity contribution in [3.63, 3.8) is 0 Å². The molecule has 3 aromatic rings. The number of aromatic nitrogens is 5. The van der Waals surface area contributed by atoms with Gasteiger partial charge in [-0.25, -0.2) is 8.42 Å². The van der Waals surface area contributed by atoms with E-state index < -0.39 is 15.0 Å². The predicted molar refractivity (Wildman–Crippen MR) is 83.1 cm³/mol. The normalized spacial score (nSPS) is 11.8. The molecule has 0 unspecified atom stereocenters. The lowest BCUT2D eigenvalue weighted by Crippen LogP contribution is -2.11. The third kappa shape index (κ3) is 2.78. The Balaban J connectivity index is 2.17. The summed E-state index contributed by atoms with van der Waals surface area (Å²) in [6, 6.07) is 5.00. The minimum atomic E-state index is -3.61. The highest BCUT2D eigenvalue weighted by Gasteiger charge is 2.18. The minimum absolute atomic E-state index is 0.0277. The Kier molecular flexibility index (Phi) is 3.57. The first-order chi connectivity index (χ1) is 10.8. The van der Waals surface area contributed by atoms with Gasteiger partial charge < -0.3 is 10.5 Å². The highest BCUT2D eigenvalue weighted by Crippen LogP contribution is 2.29. The van der Waals surface area contributed by atoms with E-state index >= 15 is 0 Å². The van der Waals surface area contributed by atoms with Crippen LogP contribution in [0.5, 0.6) is 5.75 Å². The van der Waals surface area contributed by atoms with E-state index in [0.29, 0.717) is 16.3 Å². The molecule has 0 amide bonds. The Labute approximate surface area is 136 Å². The van der Waals surface area contributed by atoms with Crippen molar-refractivity contribution in [2.24, 2.45) is 0 Å². The molecule has 1 aromatic carbocycles. The molecule has 2 heterocycles. The molecule has 11 heteroatoms.